The highest BCUT2D eigenvalue weighted by Crippen LogP contribution is 2.26. The molecule has 5 nitrogen and oxygen atoms in total. The monoisotopic (exact) mass is 264 g/mol. The lowest BCUT2D eigenvalue weighted by Crippen LogP contribution is -2.42. The first kappa shape index (κ1) is 14.1. The molecule has 1 aromatic rings. The summed E-state index contributed by atoms with van der Waals surface area (Å²) in [6.45, 7) is 5.17. The first-order valence-corrected chi connectivity index (χ1v) is 7.02. The molecule has 0 bridgehead atoms. The van der Waals surface area contributed by atoms with Gasteiger partial charge in [0.1, 0.15) is 0 Å². The molecule has 1 fully saturated rings. The van der Waals surface area contributed by atoms with Gasteiger partial charge in [0, 0.05) is 26.2 Å². The van der Waals surface area contributed by atoms with Gasteiger partial charge in [0.25, 0.3) is 0 Å². The number of hydrogen-bond acceptors (Lipinski definition) is 3. The van der Waals surface area contributed by atoms with Gasteiger partial charge in [0.2, 0.25) is 5.91 Å². The highest BCUT2D eigenvalue weighted by Gasteiger charge is 2.26. The molecule has 0 aliphatic carbocycles. The van der Waals surface area contributed by atoms with E-state index in [-0.39, 0.29) is 11.3 Å². The number of carbonyl (C=O) groups excluding carboxylic acids is 1. The van der Waals surface area contributed by atoms with Crippen LogP contribution in [0.25, 0.3) is 0 Å². The van der Waals surface area contributed by atoms with Gasteiger partial charge in [-0.1, -0.05) is 6.92 Å². The molecule has 1 aliphatic heterocycles. The van der Waals surface area contributed by atoms with Crippen LogP contribution in [0.5, 0.6) is 0 Å². The first-order chi connectivity index (χ1) is 9.07. The Morgan fingerprint density at radius 2 is 2.26 bits per heavy atom. The van der Waals surface area contributed by atoms with Crippen molar-refractivity contribution < 1.29 is 4.79 Å². The van der Waals surface area contributed by atoms with E-state index in [1.165, 1.54) is 0 Å². The van der Waals surface area contributed by atoms with Crippen LogP contribution in [0.1, 0.15) is 31.7 Å². The van der Waals surface area contributed by atoms with E-state index in [1.54, 1.807) is 4.68 Å². The second-order valence-corrected chi connectivity index (χ2v) is 5.86. The van der Waals surface area contributed by atoms with Crippen molar-refractivity contribution in [3.63, 3.8) is 0 Å². The van der Waals surface area contributed by atoms with Crippen LogP contribution in [0.3, 0.4) is 0 Å². The van der Waals surface area contributed by atoms with Crippen LogP contribution >= 0.6 is 0 Å². The maximum Gasteiger partial charge on any atom is 0.220 e. The van der Waals surface area contributed by atoms with Gasteiger partial charge in [-0.25, -0.2) is 0 Å². The van der Waals surface area contributed by atoms with E-state index < -0.39 is 0 Å². The van der Waals surface area contributed by atoms with E-state index in [9.17, 15) is 4.79 Å². The number of aryl methyl sites for hydroxylation is 2. The van der Waals surface area contributed by atoms with Crippen molar-refractivity contribution in [2.75, 3.05) is 19.6 Å². The Morgan fingerprint density at radius 3 is 2.89 bits per heavy atom. The van der Waals surface area contributed by atoms with E-state index in [0.717, 1.165) is 44.5 Å². The van der Waals surface area contributed by atoms with Crippen LogP contribution in [-0.4, -0.2) is 35.3 Å². The molecule has 0 radical (unpaired) electrons. The number of hydrogen-bond donors (Lipinski definition) is 2. The van der Waals surface area contributed by atoms with Crippen LogP contribution in [0.2, 0.25) is 0 Å². The standard InChI is InChI=1S/C14H24N4O/c1-14(5-7-15-8-6-14)11-16-13(19)4-3-12-9-17-18(2)10-12/h9-10,15H,3-8,11H2,1-2H3,(H,16,19). The van der Waals surface area contributed by atoms with Gasteiger partial charge in [0.05, 0.1) is 6.20 Å². The van der Waals surface area contributed by atoms with Crippen molar-refractivity contribution in [1.82, 2.24) is 20.4 Å². The first-order valence-electron chi connectivity index (χ1n) is 7.02. The van der Waals surface area contributed by atoms with Gasteiger partial charge < -0.3 is 10.6 Å². The molecule has 2 N–H and O–H groups in total. The number of nitrogens with zero attached hydrogens (tertiary/aromatic N) is 2. The highest BCUT2D eigenvalue weighted by atomic mass is 16.1. The second kappa shape index (κ2) is 6.19. The summed E-state index contributed by atoms with van der Waals surface area (Å²) in [5.74, 6) is 0.142. The summed E-state index contributed by atoms with van der Waals surface area (Å²) < 4.78 is 1.77. The fourth-order valence-electron chi connectivity index (χ4n) is 2.47. The summed E-state index contributed by atoms with van der Waals surface area (Å²) >= 11 is 0. The van der Waals surface area contributed by atoms with Crippen LogP contribution in [0, 0.1) is 5.41 Å². The molecule has 1 saturated heterocycles. The van der Waals surface area contributed by atoms with Crippen molar-refractivity contribution in [2.45, 2.75) is 32.6 Å². The molecular weight excluding hydrogens is 240 g/mol. The predicted molar refractivity (Wildman–Crippen MR) is 74.7 cm³/mol. The van der Waals surface area contributed by atoms with Crippen molar-refractivity contribution in [2.24, 2.45) is 12.5 Å². The topological polar surface area (TPSA) is 59.0 Å². The number of aromatic nitrogens is 2. The van der Waals surface area contributed by atoms with Crippen molar-refractivity contribution in [3.8, 4) is 0 Å². The quantitative estimate of drug-likeness (QED) is 0.829. The summed E-state index contributed by atoms with van der Waals surface area (Å²) in [5.41, 5.74) is 1.38. The SMILES string of the molecule is Cn1cc(CCC(=O)NCC2(C)CCNCC2)cn1. The molecule has 0 spiro atoms. The average Bonchev–Trinajstić information content (AvgIpc) is 2.81. The third kappa shape index (κ3) is 4.35. The van der Waals surface area contributed by atoms with Crippen LogP contribution in [0.15, 0.2) is 12.4 Å². The molecule has 1 amide bonds. The lowest BCUT2D eigenvalue weighted by molar-refractivity contribution is -0.121. The van der Waals surface area contributed by atoms with Gasteiger partial charge in [0.15, 0.2) is 0 Å². The van der Waals surface area contributed by atoms with Crippen LogP contribution in [-0.2, 0) is 18.3 Å². The Morgan fingerprint density at radius 1 is 1.53 bits per heavy atom. The zero-order chi connectivity index (χ0) is 13.7. The molecule has 0 unspecified atom stereocenters. The third-order valence-corrected chi connectivity index (χ3v) is 3.92. The fourth-order valence-corrected chi connectivity index (χ4v) is 2.47. The summed E-state index contributed by atoms with van der Waals surface area (Å²) in [6.07, 6.45) is 7.35. The zero-order valence-electron chi connectivity index (χ0n) is 11.9. The normalized spacial score (nSPS) is 18.2. The minimum absolute atomic E-state index is 0.142. The minimum Gasteiger partial charge on any atom is -0.356 e. The van der Waals surface area contributed by atoms with Crippen LogP contribution < -0.4 is 10.6 Å². The molecule has 1 aliphatic rings. The molecular formula is C14H24N4O. The number of carbonyl (C=O) groups is 1. The van der Waals surface area contributed by atoms with E-state index in [2.05, 4.69) is 22.7 Å². The van der Waals surface area contributed by atoms with E-state index in [4.69, 9.17) is 0 Å². The smallest absolute Gasteiger partial charge is 0.220 e. The van der Waals surface area contributed by atoms with Gasteiger partial charge in [-0.3, -0.25) is 9.48 Å². The number of nitrogens with one attached hydrogen (secondary N) is 2. The van der Waals surface area contributed by atoms with Gasteiger partial charge in [-0.2, -0.15) is 5.10 Å². The Bertz CT molecular complexity index is 421. The lowest BCUT2D eigenvalue weighted by Gasteiger charge is -2.34. The van der Waals surface area contributed by atoms with E-state index in [0.29, 0.717) is 6.42 Å². The fraction of sp³-hybridized carbons (Fsp3) is 0.714. The van der Waals surface area contributed by atoms with Crippen molar-refractivity contribution >= 4 is 5.91 Å². The molecule has 0 saturated carbocycles. The Labute approximate surface area is 114 Å². The second-order valence-electron chi connectivity index (χ2n) is 5.86. The Balaban J connectivity index is 1.69. The Hall–Kier alpha value is -1.36. The molecule has 106 valence electrons. The summed E-state index contributed by atoms with van der Waals surface area (Å²) in [7, 11) is 1.89. The number of amides is 1. The van der Waals surface area contributed by atoms with Gasteiger partial charge in [-0.05, 0) is 43.3 Å². The number of piperidine rings is 1. The lowest BCUT2D eigenvalue weighted by atomic mass is 9.81. The predicted octanol–water partition coefficient (Wildman–Crippen LogP) is 0.859. The highest BCUT2D eigenvalue weighted by molar-refractivity contribution is 5.76. The van der Waals surface area contributed by atoms with Gasteiger partial charge in [-0.15, -0.1) is 0 Å². The van der Waals surface area contributed by atoms with Crippen molar-refractivity contribution in [1.29, 1.82) is 0 Å². The largest absolute Gasteiger partial charge is 0.356 e. The average molecular weight is 264 g/mol. The van der Waals surface area contributed by atoms with Crippen LogP contribution in [0.4, 0.5) is 0 Å². The van der Waals surface area contributed by atoms with Gasteiger partial charge >= 0.3 is 0 Å². The molecule has 5 heteroatoms. The molecule has 0 aromatic carbocycles. The molecule has 0 atom stereocenters. The number of rotatable bonds is 5. The summed E-state index contributed by atoms with van der Waals surface area (Å²) in [4.78, 5) is 11.9. The van der Waals surface area contributed by atoms with E-state index in [1.807, 2.05) is 19.4 Å². The molecule has 19 heavy (non-hydrogen) atoms. The zero-order valence-corrected chi connectivity index (χ0v) is 11.9. The molecule has 2 rings (SSSR count). The maximum absolute atomic E-state index is 11.9. The Kier molecular flexibility index (Phi) is 4.58. The molecule has 1 aromatic heterocycles. The maximum atomic E-state index is 11.9. The summed E-state index contributed by atoms with van der Waals surface area (Å²) in [5, 5.41) is 10.5. The third-order valence-electron chi connectivity index (χ3n) is 3.92. The molecule has 2 heterocycles. The summed E-state index contributed by atoms with van der Waals surface area (Å²) in [6, 6.07) is 0. The van der Waals surface area contributed by atoms with Crippen molar-refractivity contribution in [3.05, 3.63) is 18.0 Å². The van der Waals surface area contributed by atoms with E-state index >= 15 is 0 Å². The minimum atomic E-state index is 0.142.